The van der Waals surface area contributed by atoms with Crippen LogP contribution in [0.15, 0.2) is 30.5 Å². The summed E-state index contributed by atoms with van der Waals surface area (Å²) in [6.45, 7) is 4.17. The van der Waals surface area contributed by atoms with Crippen molar-refractivity contribution in [3.8, 4) is 11.4 Å². The number of rotatable bonds is 2. The van der Waals surface area contributed by atoms with E-state index in [-0.39, 0.29) is 11.3 Å². The molecular formula is C18H17ClN6O. The third kappa shape index (κ3) is 2.43. The molecule has 1 aliphatic heterocycles. The molecule has 1 atom stereocenters. The van der Waals surface area contributed by atoms with Gasteiger partial charge in [0.2, 0.25) is 5.28 Å². The number of aromatic nitrogens is 5. The summed E-state index contributed by atoms with van der Waals surface area (Å²) in [5.74, 6) is 1.50. The maximum Gasteiger partial charge on any atom is 0.226 e. The average Bonchev–Trinajstić information content (AvgIpc) is 3.27. The predicted molar refractivity (Wildman–Crippen MR) is 102 cm³/mol. The molecule has 2 N–H and O–H groups in total. The molecule has 1 fully saturated rings. The minimum Gasteiger partial charge on any atom is -0.377 e. The molecule has 1 aliphatic rings. The van der Waals surface area contributed by atoms with E-state index in [9.17, 15) is 0 Å². The normalized spacial score (nSPS) is 18.1. The molecule has 4 heterocycles. The fraction of sp³-hybridized carbons (Fsp3) is 0.278. The van der Waals surface area contributed by atoms with Crippen LogP contribution in [-0.4, -0.2) is 50.7 Å². The van der Waals surface area contributed by atoms with E-state index in [4.69, 9.17) is 21.3 Å². The molecule has 7 nitrogen and oxygen atoms in total. The van der Waals surface area contributed by atoms with E-state index < -0.39 is 0 Å². The van der Waals surface area contributed by atoms with Gasteiger partial charge in [-0.25, -0.2) is 4.98 Å². The number of H-pyrrole nitrogens is 2. The number of fused-ring (bicyclic) bond motifs is 2. The summed E-state index contributed by atoms with van der Waals surface area (Å²) in [7, 11) is 0. The van der Waals surface area contributed by atoms with Gasteiger partial charge in [0, 0.05) is 29.2 Å². The Hall–Kier alpha value is -2.64. The Labute approximate surface area is 154 Å². The van der Waals surface area contributed by atoms with Gasteiger partial charge in [0.25, 0.3) is 0 Å². The van der Waals surface area contributed by atoms with Crippen molar-refractivity contribution in [2.75, 3.05) is 24.7 Å². The van der Waals surface area contributed by atoms with Crippen LogP contribution in [0.25, 0.3) is 33.5 Å². The van der Waals surface area contributed by atoms with Gasteiger partial charge < -0.3 is 19.6 Å². The van der Waals surface area contributed by atoms with Gasteiger partial charge in [-0.3, -0.25) is 0 Å². The highest BCUT2D eigenvalue weighted by Gasteiger charge is 2.25. The number of morpholine rings is 1. The Morgan fingerprint density at radius 3 is 3.04 bits per heavy atom. The first kappa shape index (κ1) is 15.6. The standard InChI is InChI=1S/C18H17ClN6O/c1-10-9-26-8-7-25(10)17-14-16(23-18(19)24-17)22-15(21-14)12-3-2-4-13-11(12)5-6-20-13/h2-6,10,20H,7-9H2,1H3,(H,21,22,23,24)/t10-/m1/s1. The zero-order chi connectivity index (χ0) is 17.7. The fourth-order valence-electron chi connectivity index (χ4n) is 3.52. The highest BCUT2D eigenvalue weighted by Crippen LogP contribution is 2.31. The molecule has 0 radical (unpaired) electrons. The van der Waals surface area contributed by atoms with Crippen molar-refractivity contribution in [1.82, 2.24) is 24.9 Å². The molecule has 1 saturated heterocycles. The molecule has 132 valence electrons. The number of hydrogen-bond donors (Lipinski definition) is 2. The summed E-state index contributed by atoms with van der Waals surface area (Å²) in [5.41, 5.74) is 3.44. The van der Waals surface area contributed by atoms with Crippen LogP contribution >= 0.6 is 11.6 Å². The molecule has 0 bridgehead atoms. The lowest BCUT2D eigenvalue weighted by Gasteiger charge is -2.34. The average molecular weight is 369 g/mol. The second-order valence-corrected chi connectivity index (χ2v) is 6.80. The van der Waals surface area contributed by atoms with Crippen LogP contribution in [0, 0.1) is 0 Å². The number of halogens is 1. The maximum atomic E-state index is 6.19. The molecule has 0 saturated carbocycles. The van der Waals surface area contributed by atoms with Gasteiger partial charge >= 0.3 is 0 Å². The molecule has 0 unspecified atom stereocenters. The van der Waals surface area contributed by atoms with Crippen LogP contribution in [0.1, 0.15) is 6.92 Å². The lowest BCUT2D eigenvalue weighted by atomic mass is 10.1. The van der Waals surface area contributed by atoms with Crippen LogP contribution in [0.5, 0.6) is 0 Å². The molecule has 0 aliphatic carbocycles. The minimum atomic E-state index is 0.200. The SMILES string of the molecule is C[C@@H]1COCCN1c1nc(Cl)nc2[nH]c(-c3cccc4[nH]ccc34)nc12. The second-order valence-electron chi connectivity index (χ2n) is 6.46. The summed E-state index contributed by atoms with van der Waals surface area (Å²) in [6.07, 6.45) is 1.92. The molecule has 8 heteroatoms. The molecular weight excluding hydrogens is 352 g/mol. The van der Waals surface area contributed by atoms with E-state index in [0.29, 0.717) is 18.9 Å². The number of anilines is 1. The second kappa shape index (κ2) is 5.96. The van der Waals surface area contributed by atoms with Gasteiger partial charge in [-0.15, -0.1) is 0 Å². The van der Waals surface area contributed by atoms with Gasteiger partial charge in [0.15, 0.2) is 17.0 Å². The van der Waals surface area contributed by atoms with Crippen molar-refractivity contribution in [3.05, 3.63) is 35.7 Å². The molecule has 1 aromatic carbocycles. The van der Waals surface area contributed by atoms with Gasteiger partial charge in [0.05, 0.1) is 19.3 Å². The highest BCUT2D eigenvalue weighted by atomic mass is 35.5. The van der Waals surface area contributed by atoms with Gasteiger partial charge in [0.1, 0.15) is 5.82 Å². The van der Waals surface area contributed by atoms with E-state index in [1.165, 1.54) is 0 Å². The Morgan fingerprint density at radius 2 is 2.15 bits per heavy atom. The van der Waals surface area contributed by atoms with Crippen LogP contribution in [0.2, 0.25) is 5.28 Å². The van der Waals surface area contributed by atoms with E-state index in [2.05, 4.69) is 31.8 Å². The van der Waals surface area contributed by atoms with Crippen LogP contribution < -0.4 is 4.90 Å². The van der Waals surface area contributed by atoms with Crippen molar-refractivity contribution in [3.63, 3.8) is 0 Å². The van der Waals surface area contributed by atoms with Crippen molar-refractivity contribution in [2.45, 2.75) is 13.0 Å². The highest BCUT2D eigenvalue weighted by molar-refractivity contribution is 6.28. The van der Waals surface area contributed by atoms with Crippen LogP contribution in [0.4, 0.5) is 5.82 Å². The van der Waals surface area contributed by atoms with Gasteiger partial charge in [-0.05, 0) is 30.7 Å². The number of benzene rings is 1. The Bertz CT molecular complexity index is 1100. The maximum absolute atomic E-state index is 6.19. The predicted octanol–water partition coefficient (Wildman–Crippen LogP) is 3.38. The number of ether oxygens (including phenoxy) is 1. The van der Waals surface area contributed by atoms with Crippen molar-refractivity contribution < 1.29 is 4.74 Å². The molecule has 0 amide bonds. The zero-order valence-corrected chi connectivity index (χ0v) is 14.9. The number of nitrogens with one attached hydrogen (secondary N) is 2. The lowest BCUT2D eigenvalue weighted by molar-refractivity contribution is 0.0986. The number of aromatic amines is 2. The van der Waals surface area contributed by atoms with E-state index in [1.54, 1.807) is 0 Å². The number of nitrogens with zero attached hydrogens (tertiary/aromatic N) is 4. The zero-order valence-electron chi connectivity index (χ0n) is 14.2. The van der Waals surface area contributed by atoms with Gasteiger partial charge in [-0.2, -0.15) is 9.97 Å². The quantitative estimate of drug-likeness (QED) is 0.530. The summed E-state index contributed by atoms with van der Waals surface area (Å²) in [4.78, 5) is 22.4. The molecule has 3 aromatic heterocycles. The molecule has 26 heavy (non-hydrogen) atoms. The van der Waals surface area contributed by atoms with Crippen LogP contribution in [-0.2, 0) is 4.74 Å². The summed E-state index contributed by atoms with van der Waals surface area (Å²) in [5, 5.41) is 1.31. The number of imidazole rings is 1. The summed E-state index contributed by atoms with van der Waals surface area (Å²) < 4.78 is 5.54. The first-order valence-corrected chi connectivity index (χ1v) is 8.92. The van der Waals surface area contributed by atoms with Crippen LogP contribution in [0.3, 0.4) is 0 Å². The van der Waals surface area contributed by atoms with E-state index in [0.717, 1.165) is 40.2 Å². The Kier molecular flexibility index (Phi) is 3.58. The third-order valence-electron chi connectivity index (χ3n) is 4.79. The van der Waals surface area contributed by atoms with Crippen molar-refractivity contribution >= 4 is 39.5 Å². The molecule has 4 aromatic rings. The monoisotopic (exact) mass is 368 g/mol. The topological polar surface area (TPSA) is 82.7 Å². The summed E-state index contributed by atoms with van der Waals surface area (Å²) >= 11 is 6.19. The minimum absolute atomic E-state index is 0.200. The number of hydrogen-bond acceptors (Lipinski definition) is 5. The third-order valence-corrected chi connectivity index (χ3v) is 4.96. The summed E-state index contributed by atoms with van der Waals surface area (Å²) in [6, 6.07) is 8.33. The van der Waals surface area contributed by atoms with Gasteiger partial charge in [-0.1, -0.05) is 12.1 Å². The van der Waals surface area contributed by atoms with Crippen molar-refractivity contribution in [2.24, 2.45) is 0 Å². The largest absolute Gasteiger partial charge is 0.377 e. The lowest BCUT2D eigenvalue weighted by Crippen LogP contribution is -2.44. The fourth-order valence-corrected chi connectivity index (χ4v) is 3.68. The van der Waals surface area contributed by atoms with E-state index in [1.807, 2.05) is 30.5 Å². The smallest absolute Gasteiger partial charge is 0.226 e. The molecule has 0 spiro atoms. The Morgan fingerprint density at radius 1 is 1.23 bits per heavy atom. The van der Waals surface area contributed by atoms with E-state index >= 15 is 0 Å². The first-order chi connectivity index (χ1) is 12.7. The van der Waals surface area contributed by atoms with Crippen molar-refractivity contribution in [1.29, 1.82) is 0 Å². The Balaban J connectivity index is 1.70. The molecule has 5 rings (SSSR count). The first-order valence-electron chi connectivity index (χ1n) is 8.55.